The molecule has 0 atom stereocenters. The molecule has 4 nitrogen and oxygen atoms in total. The van der Waals surface area contributed by atoms with E-state index in [1.165, 1.54) is 28.8 Å². The summed E-state index contributed by atoms with van der Waals surface area (Å²) in [7, 11) is 0. The number of fused-ring (bicyclic) bond motifs is 1. The van der Waals surface area contributed by atoms with Crippen LogP contribution < -0.4 is 5.56 Å². The first kappa shape index (κ1) is 17.7. The summed E-state index contributed by atoms with van der Waals surface area (Å²) in [6.07, 6.45) is 0. The second-order valence-electron chi connectivity index (χ2n) is 6.56. The van der Waals surface area contributed by atoms with Gasteiger partial charge in [0, 0.05) is 16.5 Å². The number of benzene rings is 3. The Labute approximate surface area is 160 Å². The molecule has 0 aliphatic heterocycles. The van der Waals surface area contributed by atoms with Crippen molar-refractivity contribution < 1.29 is 14.3 Å². The fraction of sp³-hybridized carbons (Fsp3) is 0.0435. The average Bonchev–Trinajstić information content (AvgIpc) is 2.69. The summed E-state index contributed by atoms with van der Waals surface area (Å²) < 4.78 is 14.9. The van der Waals surface area contributed by atoms with Gasteiger partial charge in [-0.15, -0.1) is 0 Å². The molecule has 0 aliphatic rings. The minimum atomic E-state index is -1.16. The van der Waals surface area contributed by atoms with Crippen LogP contribution in [0.2, 0.25) is 0 Å². The Hall–Kier alpha value is -3.73. The van der Waals surface area contributed by atoms with Gasteiger partial charge < -0.3 is 5.11 Å². The molecular weight excluding hydrogens is 357 g/mol. The van der Waals surface area contributed by atoms with Crippen LogP contribution in [-0.4, -0.2) is 15.6 Å². The zero-order chi connectivity index (χ0) is 19.8. The Bertz CT molecular complexity index is 1260. The summed E-state index contributed by atoms with van der Waals surface area (Å²) in [5.41, 5.74) is 1.90. The fourth-order valence-corrected chi connectivity index (χ4v) is 3.39. The summed E-state index contributed by atoms with van der Waals surface area (Å²) in [6.45, 7) is 1.93. The van der Waals surface area contributed by atoms with E-state index in [1.54, 1.807) is 36.4 Å². The number of rotatable bonds is 3. The molecule has 0 spiro atoms. The van der Waals surface area contributed by atoms with Crippen LogP contribution in [0.1, 0.15) is 15.9 Å². The van der Waals surface area contributed by atoms with Crippen molar-refractivity contribution in [2.24, 2.45) is 0 Å². The number of hydrogen-bond donors (Lipinski definition) is 1. The van der Waals surface area contributed by atoms with Gasteiger partial charge in [0.1, 0.15) is 5.82 Å². The molecule has 138 valence electrons. The molecule has 1 aromatic heterocycles. The van der Waals surface area contributed by atoms with Crippen molar-refractivity contribution in [1.82, 2.24) is 4.57 Å². The molecule has 1 N–H and O–H groups in total. The Morgan fingerprint density at radius 3 is 2.11 bits per heavy atom. The quantitative estimate of drug-likeness (QED) is 0.561. The normalized spacial score (nSPS) is 10.9. The van der Waals surface area contributed by atoms with Crippen molar-refractivity contribution in [3.63, 3.8) is 0 Å². The maximum Gasteiger partial charge on any atom is 0.338 e. The number of carboxylic acids is 1. The van der Waals surface area contributed by atoms with E-state index >= 15 is 0 Å². The number of halogens is 1. The van der Waals surface area contributed by atoms with Crippen molar-refractivity contribution in [2.45, 2.75) is 6.92 Å². The Kier molecular flexibility index (Phi) is 4.28. The van der Waals surface area contributed by atoms with Crippen molar-refractivity contribution in [3.05, 3.63) is 100 Å². The van der Waals surface area contributed by atoms with Crippen LogP contribution in [0.4, 0.5) is 4.39 Å². The van der Waals surface area contributed by atoms with Gasteiger partial charge in [0.15, 0.2) is 0 Å². The fourth-order valence-electron chi connectivity index (χ4n) is 3.39. The monoisotopic (exact) mass is 373 g/mol. The topological polar surface area (TPSA) is 59.3 Å². The Morgan fingerprint density at radius 1 is 0.893 bits per heavy atom. The number of hydrogen-bond acceptors (Lipinski definition) is 2. The van der Waals surface area contributed by atoms with E-state index in [-0.39, 0.29) is 16.8 Å². The first-order valence-electron chi connectivity index (χ1n) is 8.71. The molecule has 0 unspecified atom stereocenters. The lowest BCUT2D eigenvalue weighted by Crippen LogP contribution is -2.24. The van der Waals surface area contributed by atoms with Gasteiger partial charge in [-0.2, -0.15) is 0 Å². The van der Waals surface area contributed by atoms with E-state index in [0.717, 1.165) is 5.56 Å². The highest BCUT2D eigenvalue weighted by molar-refractivity contribution is 6.08. The third kappa shape index (κ3) is 2.87. The zero-order valence-corrected chi connectivity index (χ0v) is 15.0. The molecule has 1 heterocycles. The second kappa shape index (κ2) is 6.78. The highest BCUT2D eigenvalue weighted by Gasteiger charge is 2.23. The van der Waals surface area contributed by atoms with Gasteiger partial charge in [-0.3, -0.25) is 9.36 Å². The van der Waals surface area contributed by atoms with Crippen LogP contribution >= 0.6 is 0 Å². The van der Waals surface area contributed by atoms with Crippen molar-refractivity contribution in [1.29, 1.82) is 0 Å². The second-order valence-corrected chi connectivity index (χ2v) is 6.56. The van der Waals surface area contributed by atoms with Crippen LogP contribution in [-0.2, 0) is 0 Å². The van der Waals surface area contributed by atoms with Gasteiger partial charge in [0.05, 0.1) is 11.3 Å². The smallest absolute Gasteiger partial charge is 0.338 e. The van der Waals surface area contributed by atoms with Gasteiger partial charge in [0.25, 0.3) is 5.56 Å². The number of carboxylic acid groups (broad SMARTS) is 1. The van der Waals surface area contributed by atoms with E-state index in [1.807, 2.05) is 19.1 Å². The van der Waals surface area contributed by atoms with Gasteiger partial charge in [-0.1, -0.05) is 35.9 Å². The third-order valence-corrected chi connectivity index (χ3v) is 4.71. The van der Waals surface area contributed by atoms with E-state index in [4.69, 9.17) is 0 Å². The van der Waals surface area contributed by atoms with Gasteiger partial charge in [0.2, 0.25) is 0 Å². The molecule has 0 saturated heterocycles. The predicted octanol–water partition coefficient (Wildman–Crippen LogP) is 4.80. The molecule has 3 aromatic carbocycles. The van der Waals surface area contributed by atoms with Crippen LogP contribution in [0, 0.1) is 12.7 Å². The molecule has 0 radical (unpaired) electrons. The number of aromatic nitrogens is 1. The van der Waals surface area contributed by atoms with Gasteiger partial charge in [-0.05, 0) is 55.0 Å². The summed E-state index contributed by atoms with van der Waals surface area (Å²) in [5, 5.41) is 10.7. The predicted molar refractivity (Wildman–Crippen MR) is 107 cm³/mol. The lowest BCUT2D eigenvalue weighted by atomic mass is 9.98. The Balaban J connectivity index is 2.23. The summed E-state index contributed by atoms with van der Waals surface area (Å²) >= 11 is 0. The highest BCUT2D eigenvalue weighted by Crippen LogP contribution is 2.31. The minimum Gasteiger partial charge on any atom is -0.478 e. The summed E-state index contributed by atoms with van der Waals surface area (Å²) in [6, 6.07) is 19.3. The molecule has 4 aromatic rings. The number of aryl methyl sites for hydroxylation is 1. The summed E-state index contributed by atoms with van der Waals surface area (Å²) in [5.74, 6) is -1.60. The SMILES string of the molecule is Cc1ccc(-n2c(-c3ccc(F)cc3)c(C(=O)O)c3ccccc3c2=O)cc1. The molecule has 0 saturated carbocycles. The number of aromatic carboxylic acids is 1. The van der Waals surface area contributed by atoms with Crippen molar-refractivity contribution in [2.75, 3.05) is 0 Å². The molecule has 5 heteroatoms. The molecule has 0 bridgehead atoms. The Morgan fingerprint density at radius 2 is 1.50 bits per heavy atom. The molecule has 28 heavy (non-hydrogen) atoms. The minimum absolute atomic E-state index is 0.00221. The number of pyridine rings is 1. The van der Waals surface area contributed by atoms with E-state index < -0.39 is 11.8 Å². The first-order valence-corrected chi connectivity index (χ1v) is 8.71. The summed E-state index contributed by atoms with van der Waals surface area (Å²) in [4.78, 5) is 25.6. The number of carbonyl (C=O) groups is 1. The standard InChI is InChI=1S/C23H16FNO3/c1-14-6-12-17(13-7-14)25-21(15-8-10-16(24)11-9-15)20(23(27)28)18-4-2-3-5-19(18)22(25)26/h2-13H,1H3,(H,27,28). The molecule has 0 aliphatic carbocycles. The van der Waals surface area contributed by atoms with Crippen molar-refractivity contribution >= 4 is 16.7 Å². The lowest BCUT2D eigenvalue weighted by Gasteiger charge is -2.18. The van der Waals surface area contributed by atoms with Crippen LogP contribution in [0.5, 0.6) is 0 Å². The molecule has 0 fully saturated rings. The molecule has 0 amide bonds. The largest absolute Gasteiger partial charge is 0.478 e. The maximum atomic E-state index is 13.5. The number of nitrogens with zero attached hydrogens (tertiary/aromatic N) is 1. The van der Waals surface area contributed by atoms with Crippen LogP contribution in [0.15, 0.2) is 77.6 Å². The van der Waals surface area contributed by atoms with Crippen LogP contribution in [0.25, 0.3) is 27.7 Å². The first-order chi connectivity index (χ1) is 13.5. The maximum absolute atomic E-state index is 13.5. The van der Waals surface area contributed by atoms with Crippen LogP contribution in [0.3, 0.4) is 0 Å². The van der Waals surface area contributed by atoms with E-state index in [0.29, 0.717) is 22.0 Å². The third-order valence-electron chi connectivity index (χ3n) is 4.71. The average molecular weight is 373 g/mol. The van der Waals surface area contributed by atoms with Crippen molar-refractivity contribution in [3.8, 4) is 16.9 Å². The van der Waals surface area contributed by atoms with E-state index in [2.05, 4.69) is 0 Å². The lowest BCUT2D eigenvalue weighted by molar-refractivity contribution is 0.0699. The molecular formula is C23H16FNO3. The highest BCUT2D eigenvalue weighted by atomic mass is 19.1. The molecule has 4 rings (SSSR count). The van der Waals surface area contributed by atoms with Gasteiger partial charge in [-0.25, -0.2) is 9.18 Å². The van der Waals surface area contributed by atoms with Gasteiger partial charge >= 0.3 is 5.97 Å². The zero-order valence-electron chi connectivity index (χ0n) is 15.0. The van der Waals surface area contributed by atoms with E-state index in [9.17, 15) is 19.1 Å².